The Kier molecular flexibility index (Phi) is 1.73. The van der Waals surface area contributed by atoms with E-state index >= 15 is 0 Å². The predicted octanol–water partition coefficient (Wildman–Crippen LogP) is 1.20. The first kappa shape index (κ1) is 6.57. The highest BCUT2D eigenvalue weighted by Crippen LogP contribution is 2.12. The standard InChI is InChI=1S/C7H9OP/c1-5-2-3-6(9)4-7(5)8/h2-4,8H,9H2,1H3. The molecule has 2 heteroatoms. The highest BCUT2D eigenvalue weighted by Gasteiger charge is 1.92. The Morgan fingerprint density at radius 2 is 2.11 bits per heavy atom. The lowest BCUT2D eigenvalue weighted by Crippen LogP contribution is -1.88. The molecule has 0 aliphatic carbocycles. The van der Waals surface area contributed by atoms with Crippen LogP contribution in [0.4, 0.5) is 0 Å². The average molecular weight is 140 g/mol. The van der Waals surface area contributed by atoms with Gasteiger partial charge in [0.2, 0.25) is 0 Å². The van der Waals surface area contributed by atoms with Crippen LogP contribution in [-0.4, -0.2) is 5.11 Å². The monoisotopic (exact) mass is 140 g/mol. The van der Waals surface area contributed by atoms with Gasteiger partial charge in [0.25, 0.3) is 0 Å². The maximum absolute atomic E-state index is 9.09. The molecule has 1 N–H and O–H groups in total. The molecule has 1 aromatic rings. The lowest BCUT2D eigenvalue weighted by atomic mass is 10.2. The summed E-state index contributed by atoms with van der Waals surface area (Å²) in [6, 6.07) is 5.55. The number of hydrogen-bond acceptors (Lipinski definition) is 1. The number of phenolic OH excluding ortho intramolecular Hbond substituents is 1. The highest BCUT2D eigenvalue weighted by molar-refractivity contribution is 7.27. The SMILES string of the molecule is Cc1ccc(P)cc1O. The van der Waals surface area contributed by atoms with Gasteiger partial charge in [0.15, 0.2) is 0 Å². The van der Waals surface area contributed by atoms with Crippen molar-refractivity contribution in [2.75, 3.05) is 0 Å². The quantitative estimate of drug-likeness (QED) is 0.537. The molecule has 1 unspecified atom stereocenters. The summed E-state index contributed by atoms with van der Waals surface area (Å²) < 4.78 is 0. The fourth-order valence-electron chi connectivity index (χ4n) is 0.626. The molecule has 0 saturated heterocycles. The number of benzene rings is 1. The molecule has 0 fully saturated rings. The molecule has 1 aromatic carbocycles. The van der Waals surface area contributed by atoms with E-state index in [0.717, 1.165) is 10.9 Å². The molecule has 1 nitrogen and oxygen atoms in total. The van der Waals surface area contributed by atoms with Crippen LogP contribution in [0.1, 0.15) is 5.56 Å². The molecule has 1 rings (SSSR count). The van der Waals surface area contributed by atoms with E-state index in [9.17, 15) is 0 Å². The third-order valence-corrected chi connectivity index (χ3v) is 1.59. The maximum Gasteiger partial charge on any atom is 0.119 e. The minimum absolute atomic E-state index is 0.363. The molecule has 1 atom stereocenters. The molecule has 0 radical (unpaired) electrons. The second-order valence-electron chi connectivity index (χ2n) is 2.05. The predicted molar refractivity (Wildman–Crippen MR) is 42.2 cm³/mol. The molecule has 0 spiro atoms. The Morgan fingerprint density at radius 1 is 1.44 bits per heavy atom. The van der Waals surface area contributed by atoms with Crippen LogP contribution >= 0.6 is 9.24 Å². The smallest absolute Gasteiger partial charge is 0.119 e. The van der Waals surface area contributed by atoms with Gasteiger partial charge in [0.05, 0.1) is 0 Å². The molecule has 0 bridgehead atoms. The Balaban J connectivity index is 3.17. The Labute approximate surface area is 56.9 Å². The van der Waals surface area contributed by atoms with Crippen molar-refractivity contribution in [2.45, 2.75) is 6.92 Å². The van der Waals surface area contributed by atoms with E-state index in [1.54, 1.807) is 6.07 Å². The van der Waals surface area contributed by atoms with Crippen LogP contribution in [0, 0.1) is 6.92 Å². The lowest BCUT2D eigenvalue weighted by molar-refractivity contribution is 0.471. The number of rotatable bonds is 0. The third-order valence-electron chi connectivity index (χ3n) is 1.23. The van der Waals surface area contributed by atoms with Crippen LogP contribution in [0.3, 0.4) is 0 Å². The largest absolute Gasteiger partial charge is 0.508 e. The summed E-state index contributed by atoms with van der Waals surface area (Å²) in [5.41, 5.74) is 0.918. The van der Waals surface area contributed by atoms with Crippen molar-refractivity contribution in [1.82, 2.24) is 0 Å². The first-order chi connectivity index (χ1) is 4.20. The van der Waals surface area contributed by atoms with E-state index in [1.165, 1.54) is 0 Å². The van der Waals surface area contributed by atoms with Gasteiger partial charge < -0.3 is 5.11 Å². The van der Waals surface area contributed by atoms with Gasteiger partial charge in [-0.15, -0.1) is 9.24 Å². The second kappa shape index (κ2) is 2.36. The Morgan fingerprint density at radius 3 is 2.56 bits per heavy atom. The molecular formula is C7H9OP. The van der Waals surface area contributed by atoms with Gasteiger partial charge in [-0.05, 0) is 23.9 Å². The van der Waals surface area contributed by atoms with Crippen molar-refractivity contribution in [3.8, 4) is 5.75 Å². The normalized spacial score (nSPS) is 9.56. The first-order valence-electron chi connectivity index (χ1n) is 2.75. The summed E-state index contributed by atoms with van der Waals surface area (Å²) >= 11 is 0. The molecule has 9 heavy (non-hydrogen) atoms. The van der Waals surface area contributed by atoms with Crippen molar-refractivity contribution in [3.05, 3.63) is 23.8 Å². The van der Waals surface area contributed by atoms with Gasteiger partial charge in [-0.1, -0.05) is 12.1 Å². The van der Waals surface area contributed by atoms with Crippen LogP contribution in [0.15, 0.2) is 18.2 Å². The summed E-state index contributed by atoms with van der Waals surface area (Å²) in [6.07, 6.45) is 0. The summed E-state index contributed by atoms with van der Waals surface area (Å²) in [5.74, 6) is 0.363. The maximum atomic E-state index is 9.09. The van der Waals surface area contributed by atoms with E-state index in [1.807, 2.05) is 19.1 Å². The van der Waals surface area contributed by atoms with Crippen molar-refractivity contribution in [2.24, 2.45) is 0 Å². The van der Waals surface area contributed by atoms with Gasteiger partial charge in [0, 0.05) is 0 Å². The van der Waals surface area contributed by atoms with Crippen LogP contribution in [0.2, 0.25) is 0 Å². The van der Waals surface area contributed by atoms with E-state index < -0.39 is 0 Å². The second-order valence-corrected chi connectivity index (χ2v) is 2.71. The minimum Gasteiger partial charge on any atom is -0.508 e. The third kappa shape index (κ3) is 1.43. The van der Waals surface area contributed by atoms with Crippen LogP contribution in [-0.2, 0) is 0 Å². The van der Waals surface area contributed by atoms with Crippen LogP contribution < -0.4 is 5.30 Å². The molecule has 48 valence electrons. The summed E-state index contributed by atoms with van der Waals surface area (Å²) in [7, 11) is 2.53. The highest BCUT2D eigenvalue weighted by atomic mass is 31.0. The van der Waals surface area contributed by atoms with Crippen molar-refractivity contribution in [3.63, 3.8) is 0 Å². The molecular weight excluding hydrogens is 131 g/mol. The average Bonchev–Trinajstić information content (AvgIpc) is 1.80. The van der Waals surface area contributed by atoms with Crippen molar-refractivity contribution >= 4 is 14.5 Å². The molecule has 0 aliphatic heterocycles. The number of phenols is 1. The zero-order valence-electron chi connectivity index (χ0n) is 5.26. The number of aromatic hydroxyl groups is 1. The number of aryl methyl sites for hydroxylation is 1. The zero-order chi connectivity index (χ0) is 6.85. The summed E-state index contributed by atoms with van der Waals surface area (Å²) in [6.45, 7) is 1.87. The van der Waals surface area contributed by atoms with Gasteiger partial charge in [-0.3, -0.25) is 0 Å². The van der Waals surface area contributed by atoms with Crippen LogP contribution in [0.5, 0.6) is 5.75 Å². The van der Waals surface area contributed by atoms with Gasteiger partial charge in [-0.2, -0.15) is 0 Å². The lowest BCUT2D eigenvalue weighted by Gasteiger charge is -1.96. The fourth-order valence-corrected chi connectivity index (χ4v) is 0.881. The topological polar surface area (TPSA) is 20.2 Å². The molecule has 0 saturated carbocycles. The van der Waals surface area contributed by atoms with Gasteiger partial charge in [-0.25, -0.2) is 0 Å². The van der Waals surface area contributed by atoms with Crippen molar-refractivity contribution in [1.29, 1.82) is 0 Å². The minimum atomic E-state index is 0.363. The van der Waals surface area contributed by atoms with E-state index in [4.69, 9.17) is 5.11 Å². The van der Waals surface area contributed by atoms with Gasteiger partial charge in [0.1, 0.15) is 5.75 Å². The van der Waals surface area contributed by atoms with Gasteiger partial charge >= 0.3 is 0 Å². The summed E-state index contributed by atoms with van der Waals surface area (Å²) in [5, 5.41) is 10.1. The first-order valence-corrected chi connectivity index (χ1v) is 3.33. The van der Waals surface area contributed by atoms with E-state index in [2.05, 4.69) is 9.24 Å². The Bertz CT molecular complexity index is 220. The molecule has 0 heterocycles. The summed E-state index contributed by atoms with van der Waals surface area (Å²) in [4.78, 5) is 0. The Hall–Kier alpha value is -0.550. The number of hydrogen-bond donors (Lipinski definition) is 1. The fraction of sp³-hybridized carbons (Fsp3) is 0.143. The van der Waals surface area contributed by atoms with E-state index in [-0.39, 0.29) is 0 Å². The molecule has 0 amide bonds. The molecule has 0 aliphatic rings. The van der Waals surface area contributed by atoms with Crippen LogP contribution in [0.25, 0.3) is 0 Å². The van der Waals surface area contributed by atoms with Crippen molar-refractivity contribution < 1.29 is 5.11 Å². The molecule has 0 aromatic heterocycles. The van der Waals surface area contributed by atoms with E-state index in [0.29, 0.717) is 5.75 Å². The zero-order valence-corrected chi connectivity index (χ0v) is 6.41.